The van der Waals surface area contributed by atoms with Crippen molar-refractivity contribution in [3.8, 4) is 0 Å². The summed E-state index contributed by atoms with van der Waals surface area (Å²) in [5.41, 5.74) is 6.62. The van der Waals surface area contributed by atoms with Crippen LogP contribution in [0.3, 0.4) is 0 Å². The Hall–Kier alpha value is -1.36. The third-order valence-electron chi connectivity index (χ3n) is 4.73. The molecule has 0 radical (unpaired) electrons. The number of benzene rings is 2. The van der Waals surface area contributed by atoms with Crippen molar-refractivity contribution in [2.75, 3.05) is 44.7 Å². The van der Waals surface area contributed by atoms with Crippen LogP contribution in [0.5, 0.6) is 0 Å². The van der Waals surface area contributed by atoms with Crippen molar-refractivity contribution >= 4 is 21.6 Å². The lowest BCUT2D eigenvalue weighted by Crippen LogP contribution is -2.39. The van der Waals surface area contributed by atoms with Crippen LogP contribution in [0.4, 0.5) is 5.69 Å². The second kappa shape index (κ2) is 8.84. The molecule has 3 nitrogen and oxygen atoms in total. The average Bonchev–Trinajstić information content (AvgIpc) is 2.60. The van der Waals surface area contributed by atoms with Gasteiger partial charge in [-0.05, 0) is 36.6 Å². The standard InChI is InChI=1S/C21H27BrN2O/c1-16-13-17(2)21(23-7-8-24-9-11-25-12-10-24)19(14-16)15-18-5-3-4-6-20(18)22/h3-6,13-14,23H,7-12,15H2,1-2H3. The molecule has 0 spiro atoms. The molecule has 3 rings (SSSR count). The van der Waals surface area contributed by atoms with Crippen molar-refractivity contribution in [2.24, 2.45) is 0 Å². The van der Waals surface area contributed by atoms with Gasteiger partial charge in [-0.15, -0.1) is 0 Å². The number of hydrogen-bond donors (Lipinski definition) is 1. The fourth-order valence-corrected chi connectivity index (χ4v) is 3.88. The summed E-state index contributed by atoms with van der Waals surface area (Å²) in [6.07, 6.45) is 0.934. The average molecular weight is 403 g/mol. The molecule has 0 amide bonds. The molecular formula is C21H27BrN2O. The van der Waals surface area contributed by atoms with E-state index in [1.165, 1.54) is 32.4 Å². The molecule has 1 aliphatic heterocycles. The SMILES string of the molecule is Cc1cc(C)c(NCCN2CCOCC2)c(Cc2ccccc2Br)c1. The molecule has 2 aromatic rings. The highest BCUT2D eigenvalue weighted by Crippen LogP contribution is 2.27. The Bertz CT molecular complexity index is 711. The Labute approximate surface area is 159 Å². The van der Waals surface area contributed by atoms with E-state index in [0.29, 0.717) is 0 Å². The summed E-state index contributed by atoms with van der Waals surface area (Å²) in [5, 5.41) is 3.70. The summed E-state index contributed by atoms with van der Waals surface area (Å²) in [5.74, 6) is 0. The van der Waals surface area contributed by atoms with Crippen LogP contribution in [0.25, 0.3) is 0 Å². The van der Waals surface area contributed by atoms with Crippen molar-refractivity contribution in [2.45, 2.75) is 20.3 Å². The molecule has 134 valence electrons. The van der Waals surface area contributed by atoms with E-state index in [4.69, 9.17) is 4.74 Å². The molecule has 1 aliphatic rings. The monoisotopic (exact) mass is 402 g/mol. The second-order valence-corrected chi connectivity index (χ2v) is 7.62. The first-order chi connectivity index (χ1) is 12.1. The topological polar surface area (TPSA) is 24.5 Å². The van der Waals surface area contributed by atoms with Crippen LogP contribution in [0, 0.1) is 13.8 Å². The van der Waals surface area contributed by atoms with Gasteiger partial charge >= 0.3 is 0 Å². The van der Waals surface area contributed by atoms with Crippen molar-refractivity contribution in [1.82, 2.24) is 4.90 Å². The van der Waals surface area contributed by atoms with E-state index in [1.54, 1.807) is 0 Å². The molecule has 0 aromatic heterocycles. The molecule has 1 saturated heterocycles. The Morgan fingerprint density at radius 2 is 1.84 bits per heavy atom. The van der Waals surface area contributed by atoms with Crippen LogP contribution in [0.2, 0.25) is 0 Å². The first-order valence-electron chi connectivity index (χ1n) is 9.01. The van der Waals surface area contributed by atoms with Gasteiger partial charge in [-0.2, -0.15) is 0 Å². The lowest BCUT2D eigenvalue weighted by molar-refractivity contribution is 0.0398. The van der Waals surface area contributed by atoms with Crippen LogP contribution >= 0.6 is 15.9 Å². The van der Waals surface area contributed by atoms with Crippen molar-refractivity contribution in [3.63, 3.8) is 0 Å². The number of halogens is 1. The smallest absolute Gasteiger partial charge is 0.0594 e. The van der Waals surface area contributed by atoms with Gasteiger partial charge in [0.1, 0.15) is 0 Å². The number of rotatable bonds is 6. The lowest BCUT2D eigenvalue weighted by atomic mass is 9.98. The van der Waals surface area contributed by atoms with Gasteiger partial charge in [0.2, 0.25) is 0 Å². The quantitative estimate of drug-likeness (QED) is 0.774. The summed E-state index contributed by atoms with van der Waals surface area (Å²) < 4.78 is 6.60. The second-order valence-electron chi connectivity index (χ2n) is 6.76. The fourth-order valence-electron chi connectivity index (χ4n) is 3.46. The van der Waals surface area contributed by atoms with Gasteiger partial charge in [-0.25, -0.2) is 0 Å². The Morgan fingerprint density at radius 1 is 1.08 bits per heavy atom. The minimum Gasteiger partial charge on any atom is -0.383 e. The maximum Gasteiger partial charge on any atom is 0.0594 e. The molecular weight excluding hydrogens is 376 g/mol. The van der Waals surface area contributed by atoms with Crippen molar-refractivity contribution in [3.05, 3.63) is 63.1 Å². The summed E-state index contributed by atoms with van der Waals surface area (Å²) in [6.45, 7) is 10.2. The number of aryl methyl sites for hydroxylation is 2. The van der Waals surface area contributed by atoms with Gasteiger partial charge in [0.05, 0.1) is 13.2 Å². The molecule has 2 aromatic carbocycles. The Balaban J connectivity index is 1.72. The predicted molar refractivity (Wildman–Crippen MR) is 109 cm³/mol. The van der Waals surface area contributed by atoms with Crippen LogP contribution in [0.15, 0.2) is 40.9 Å². The fraction of sp³-hybridized carbons (Fsp3) is 0.429. The van der Waals surface area contributed by atoms with Crippen LogP contribution in [-0.4, -0.2) is 44.3 Å². The zero-order valence-electron chi connectivity index (χ0n) is 15.1. The van der Waals surface area contributed by atoms with E-state index in [0.717, 1.165) is 45.8 Å². The molecule has 0 saturated carbocycles. The third-order valence-corrected chi connectivity index (χ3v) is 5.51. The van der Waals surface area contributed by atoms with E-state index < -0.39 is 0 Å². The Morgan fingerprint density at radius 3 is 2.60 bits per heavy atom. The van der Waals surface area contributed by atoms with E-state index in [1.807, 2.05) is 0 Å². The third kappa shape index (κ3) is 5.06. The van der Waals surface area contributed by atoms with E-state index in [2.05, 4.69) is 76.4 Å². The van der Waals surface area contributed by atoms with Gasteiger partial charge < -0.3 is 10.1 Å². The molecule has 1 N–H and O–H groups in total. The number of morpholine rings is 1. The minimum absolute atomic E-state index is 0.858. The van der Waals surface area contributed by atoms with Gasteiger partial charge in [0, 0.05) is 42.8 Å². The molecule has 25 heavy (non-hydrogen) atoms. The zero-order valence-corrected chi connectivity index (χ0v) is 16.7. The predicted octanol–water partition coefficient (Wildman–Crippen LogP) is 4.40. The first-order valence-corrected chi connectivity index (χ1v) is 9.80. The first kappa shape index (κ1) is 18.4. The largest absolute Gasteiger partial charge is 0.383 e. The van der Waals surface area contributed by atoms with Gasteiger partial charge in [-0.1, -0.05) is 51.8 Å². The van der Waals surface area contributed by atoms with Crippen molar-refractivity contribution in [1.29, 1.82) is 0 Å². The highest BCUT2D eigenvalue weighted by molar-refractivity contribution is 9.10. The maximum atomic E-state index is 5.43. The number of ether oxygens (including phenoxy) is 1. The van der Waals surface area contributed by atoms with Crippen LogP contribution < -0.4 is 5.32 Å². The molecule has 0 unspecified atom stereocenters. The Kier molecular flexibility index (Phi) is 6.51. The number of hydrogen-bond acceptors (Lipinski definition) is 3. The van der Waals surface area contributed by atoms with Gasteiger partial charge in [-0.3, -0.25) is 4.90 Å². The highest BCUT2D eigenvalue weighted by atomic mass is 79.9. The van der Waals surface area contributed by atoms with Gasteiger partial charge in [0.25, 0.3) is 0 Å². The summed E-state index contributed by atoms with van der Waals surface area (Å²) >= 11 is 3.68. The molecule has 1 heterocycles. The minimum atomic E-state index is 0.858. The zero-order chi connectivity index (χ0) is 17.6. The number of nitrogens with one attached hydrogen (secondary N) is 1. The van der Waals surface area contributed by atoms with Crippen molar-refractivity contribution < 1.29 is 4.74 Å². The summed E-state index contributed by atoms with van der Waals surface area (Å²) in [7, 11) is 0. The normalized spacial score (nSPS) is 15.3. The van der Waals surface area contributed by atoms with E-state index >= 15 is 0 Å². The summed E-state index contributed by atoms with van der Waals surface area (Å²) in [6, 6.07) is 13.1. The maximum absolute atomic E-state index is 5.43. The molecule has 0 aliphatic carbocycles. The number of nitrogens with zero attached hydrogens (tertiary/aromatic N) is 1. The summed E-state index contributed by atoms with van der Waals surface area (Å²) in [4.78, 5) is 2.47. The molecule has 1 fully saturated rings. The lowest BCUT2D eigenvalue weighted by Gasteiger charge is -2.27. The number of anilines is 1. The molecule has 4 heteroatoms. The molecule has 0 bridgehead atoms. The molecule has 0 atom stereocenters. The van der Waals surface area contributed by atoms with Crippen LogP contribution in [0.1, 0.15) is 22.3 Å². The van der Waals surface area contributed by atoms with Crippen LogP contribution in [-0.2, 0) is 11.2 Å². The van der Waals surface area contributed by atoms with E-state index in [9.17, 15) is 0 Å². The highest BCUT2D eigenvalue weighted by Gasteiger charge is 2.12. The van der Waals surface area contributed by atoms with E-state index in [-0.39, 0.29) is 0 Å². The van der Waals surface area contributed by atoms with Gasteiger partial charge in [0.15, 0.2) is 0 Å².